The topological polar surface area (TPSA) is 83.5 Å². The molecule has 1 rings (SSSR count). The molecule has 0 aromatic heterocycles. The van der Waals surface area contributed by atoms with Crippen molar-refractivity contribution in [1.82, 2.24) is 4.72 Å². The zero-order valence-electron chi connectivity index (χ0n) is 10.2. The fraction of sp³-hybridized carbons (Fsp3) is 0.364. The number of halogens is 2. The molecule has 106 valence electrons. The highest BCUT2D eigenvalue weighted by atomic mass is 35.5. The van der Waals surface area contributed by atoms with Gasteiger partial charge in [-0.15, -0.1) is 0 Å². The lowest BCUT2D eigenvalue weighted by atomic mass is 10.1. The Labute approximate surface area is 115 Å². The van der Waals surface area contributed by atoms with Gasteiger partial charge in [-0.25, -0.2) is 12.8 Å². The van der Waals surface area contributed by atoms with E-state index >= 15 is 0 Å². The van der Waals surface area contributed by atoms with Gasteiger partial charge >= 0.3 is 5.97 Å². The van der Waals surface area contributed by atoms with Crippen molar-refractivity contribution in [3.63, 3.8) is 0 Å². The van der Waals surface area contributed by atoms with Crippen molar-refractivity contribution >= 4 is 27.6 Å². The van der Waals surface area contributed by atoms with Crippen LogP contribution in [0.25, 0.3) is 0 Å². The number of hydrogen-bond donors (Lipinski definition) is 2. The minimum absolute atomic E-state index is 0.0400. The van der Waals surface area contributed by atoms with Gasteiger partial charge in [-0.2, -0.15) is 4.72 Å². The van der Waals surface area contributed by atoms with Crippen molar-refractivity contribution in [3.05, 3.63) is 29.0 Å². The number of carbonyl (C=O) groups is 1. The van der Waals surface area contributed by atoms with Crippen LogP contribution in [0.5, 0.6) is 0 Å². The molecule has 0 radical (unpaired) electrons. The van der Waals surface area contributed by atoms with Gasteiger partial charge in [0.1, 0.15) is 16.8 Å². The molecule has 0 fully saturated rings. The Morgan fingerprint density at radius 2 is 2.00 bits per heavy atom. The summed E-state index contributed by atoms with van der Waals surface area (Å²) < 4.78 is 39.3. The van der Waals surface area contributed by atoms with Crippen LogP contribution in [0.4, 0.5) is 4.39 Å². The van der Waals surface area contributed by atoms with E-state index in [2.05, 4.69) is 0 Å². The van der Waals surface area contributed by atoms with Crippen LogP contribution in [0.3, 0.4) is 0 Å². The molecule has 5 nitrogen and oxygen atoms in total. The largest absolute Gasteiger partial charge is 0.480 e. The molecule has 1 atom stereocenters. The predicted octanol–water partition coefficient (Wildman–Crippen LogP) is 1.87. The number of sulfonamides is 1. The molecule has 1 aromatic rings. The summed E-state index contributed by atoms with van der Waals surface area (Å²) in [5.41, 5.74) is 0. The Bertz CT molecular complexity index is 588. The third kappa shape index (κ3) is 3.89. The number of rotatable bonds is 5. The maximum absolute atomic E-state index is 13.5. The first-order chi connectivity index (χ1) is 8.65. The summed E-state index contributed by atoms with van der Waals surface area (Å²) in [5.74, 6) is -2.82. The van der Waals surface area contributed by atoms with Gasteiger partial charge in [0.05, 0.1) is 0 Å². The molecule has 0 heterocycles. The van der Waals surface area contributed by atoms with E-state index in [-0.39, 0.29) is 5.02 Å². The fourth-order valence-corrected chi connectivity index (χ4v) is 3.06. The third-order valence-electron chi connectivity index (χ3n) is 2.40. The summed E-state index contributed by atoms with van der Waals surface area (Å²) >= 11 is 5.61. The molecule has 0 bridgehead atoms. The molecule has 2 N–H and O–H groups in total. The molecule has 0 saturated carbocycles. The van der Waals surface area contributed by atoms with E-state index in [0.717, 1.165) is 12.1 Å². The van der Waals surface area contributed by atoms with Crippen LogP contribution < -0.4 is 4.72 Å². The van der Waals surface area contributed by atoms with E-state index in [9.17, 15) is 17.6 Å². The summed E-state index contributed by atoms with van der Waals surface area (Å²) in [6, 6.07) is 1.69. The zero-order chi connectivity index (χ0) is 14.8. The van der Waals surface area contributed by atoms with E-state index in [1.807, 2.05) is 4.72 Å². The van der Waals surface area contributed by atoms with E-state index in [1.165, 1.54) is 19.9 Å². The monoisotopic (exact) mass is 309 g/mol. The van der Waals surface area contributed by atoms with E-state index in [1.54, 1.807) is 0 Å². The Morgan fingerprint density at radius 3 is 2.47 bits per heavy atom. The van der Waals surface area contributed by atoms with Crippen molar-refractivity contribution in [2.24, 2.45) is 5.92 Å². The maximum atomic E-state index is 13.5. The first-order valence-corrected chi connectivity index (χ1v) is 7.21. The lowest BCUT2D eigenvalue weighted by molar-refractivity contribution is -0.140. The molecule has 8 heteroatoms. The van der Waals surface area contributed by atoms with Crippen LogP contribution in [0.2, 0.25) is 5.02 Å². The number of carboxylic acids is 1. The van der Waals surface area contributed by atoms with Gasteiger partial charge in [-0.05, 0) is 24.1 Å². The van der Waals surface area contributed by atoms with Crippen LogP contribution in [0.1, 0.15) is 13.8 Å². The Balaban J connectivity index is 3.17. The molecule has 1 aromatic carbocycles. The number of aliphatic carboxylic acids is 1. The first-order valence-electron chi connectivity index (χ1n) is 5.35. The predicted molar refractivity (Wildman–Crippen MR) is 68.0 cm³/mol. The molecule has 0 aliphatic rings. The summed E-state index contributed by atoms with van der Waals surface area (Å²) in [6.45, 7) is 3.07. The van der Waals surface area contributed by atoms with E-state index < -0.39 is 38.7 Å². The quantitative estimate of drug-likeness (QED) is 0.869. The number of nitrogens with one attached hydrogen (secondary N) is 1. The minimum atomic E-state index is -4.29. The smallest absolute Gasteiger partial charge is 0.322 e. The van der Waals surface area contributed by atoms with E-state index in [0.29, 0.717) is 0 Å². The third-order valence-corrected chi connectivity index (χ3v) is 4.09. The lowest BCUT2D eigenvalue weighted by Gasteiger charge is -2.18. The molecule has 0 aliphatic heterocycles. The van der Waals surface area contributed by atoms with Gasteiger partial charge in [-0.3, -0.25) is 4.79 Å². The highest BCUT2D eigenvalue weighted by Gasteiger charge is 2.29. The van der Waals surface area contributed by atoms with Crippen molar-refractivity contribution < 1.29 is 22.7 Å². The van der Waals surface area contributed by atoms with Crippen molar-refractivity contribution in [2.75, 3.05) is 0 Å². The Kier molecular flexibility index (Phi) is 4.89. The van der Waals surface area contributed by atoms with Gasteiger partial charge < -0.3 is 5.11 Å². The molecule has 0 unspecified atom stereocenters. The Hall–Kier alpha value is -1.18. The summed E-state index contributed by atoms with van der Waals surface area (Å²) in [5, 5.41) is 8.97. The van der Waals surface area contributed by atoms with Gasteiger partial charge in [0.2, 0.25) is 10.0 Å². The average molecular weight is 310 g/mol. The van der Waals surface area contributed by atoms with E-state index in [4.69, 9.17) is 16.7 Å². The van der Waals surface area contributed by atoms with Crippen molar-refractivity contribution in [3.8, 4) is 0 Å². The molecule has 19 heavy (non-hydrogen) atoms. The SMILES string of the molecule is CC(C)[C@H](NS(=O)(=O)c1cc(Cl)ccc1F)C(=O)O. The Morgan fingerprint density at radius 1 is 1.42 bits per heavy atom. The second-order valence-corrected chi connectivity index (χ2v) is 6.37. The number of carboxylic acid groups (broad SMARTS) is 1. The van der Waals surface area contributed by atoms with Crippen LogP contribution in [0.15, 0.2) is 23.1 Å². The number of benzene rings is 1. The highest BCUT2D eigenvalue weighted by Crippen LogP contribution is 2.20. The molecule has 0 amide bonds. The highest BCUT2D eigenvalue weighted by molar-refractivity contribution is 7.89. The summed E-state index contributed by atoms with van der Waals surface area (Å²) in [6.07, 6.45) is 0. The standard InChI is InChI=1S/C11H13ClFNO4S/c1-6(2)10(11(15)16)14-19(17,18)9-5-7(12)3-4-8(9)13/h3-6,10,14H,1-2H3,(H,15,16)/t10-/m0/s1. The second-order valence-electron chi connectivity index (χ2n) is 4.26. The summed E-state index contributed by atoms with van der Waals surface area (Å²) in [7, 11) is -4.29. The zero-order valence-corrected chi connectivity index (χ0v) is 11.8. The van der Waals surface area contributed by atoms with Crippen molar-refractivity contribution in [2.45, 2.75) is 24.8 Å². The van der Waals surface area contributed by atoms with Crippen LogP contribution in [0, 0.1) is 11.7 Å². The minimum Gasteiger partial charge on any atom is -0.480 e. The molecular weight excluding hydrogens is 297 g/mol. The lowest BCUT2D eigenvalue weighted by Crippen LogP contribution is -2.44. The van der Waals surface area contributed by atoms with Crippen molar-refractivity contribution in [1.29, 1.82) is 0 Å². The molecule has 0 saturated heterocycles. The molecule has 0 aliphatic carbocycles. The van der Waals surface area contributed by atoms with Gasteiger partial charge in [0.15, 0.2) is 0 Å². The van der Waals surface area contributed by atoms with Gasteiger partial charge in [0.25, 0.3) is 0 Å². The average Bonchev–Trinajstić information content (AvgIpc) is 2.28. The molecule has 0 spiro atoms. The van der Waals surface area contributed by atoms with Crippen LogP contribution >= 0.6 is 11.6 Å². The summed E-state index contributed by atoms with van der Waals surface area (Å²) in [4.78, 5) is 10.3. The molecular formula is C11H13ClFNO4S. The van der Waals surface area contributed by atoms with Gasteiger partial charge in [0, 0.05) is 5.02 Å². The van der Waals surface area contributed by atoms with Crippen LogP contribution in [-0.2, 0) is 14.8 Å². The second kappa shape index (κ2) is 5.85. The first kappa shape index (κ1) is 15.9. The van der Waals surface area contributed by atoms with Crippen LogP contribution in [-0.4, -0.2) is 25.5 Å². The maximum Gasteiger partial charge on any atom is 0.322 e. The normalized spacial score (nSPS) is 13.5. The fourth-order valence-electron chi connectivity index (χ4n) is 1.39. The number of hydrogen-bond acceptors (Lipinski definition) is 3. The van der Waals surface area contributed by atoms with Gasteiger partial charge in [-0.1, -0.05) is 25.4 Å².